The van der Waals surface area contributed by atoms with E-state index < -0.39 is 10.0 Å². The second kappa shape index (κ2) is 6.71. The van der Waals surface area contributed by atoms with Crippen molar-refractivity contribution in [2.24, 2.45) is 0 Å². The van der Waals surface area contributed by atoms with E-state index in [2.05, 4.69) is 14.9 Å². The SMILES string of the molecule is O=S(=O)(CCCCCl)Nc1cccc(-n2cnnc2)c1. The van der Waals surface area contributed by atoms with Crippen LogP contribution in [0.3, 0.4) is 0 Å². The molecule has 108 valence electrons. The first-order valence-corrected chi connectivity index (χ1v) is 8.31. The van der Waals surface area contributed by atoms with E-state index in [1.807, 2.05) is 6.07 Å². The van der Waals surface area contributed by atoms with Crippen LogP contribution >= 0.6 is 11.6 Å². The minimum atomic E-state index is -3.34. The number of benzene rings is 1. The molecule has 0 saturated carbocycles. The number of nitrogens with one attached hydrogen (secondary N) is 1. The van der Waals surface area contributed by atoms with E-state index in [4.69, 9.17) is 11.6 Å². The van der Waals surface area contributed by atoms with Crippen LogP contribution in [-0.2, 0) is 10.0 Å². The molecule has 0 unspecified atom stereocenters. The smallest absolute Gasteiger partial charge is 0.232 e. The Morgan fingerprint density at radius 2 is 1.95 bits per heavy atom. The molecule has 2 aromatic rings. The summed E-state index contributed by atoms with van der Waals surface area (Å²) in [5.41, 5.74) is 1.30. The van der Waals surface area contributed by atoms with E-state index in [0.29, 0.717) is 24.4 Å². The third-order valence-electron chi connectivity index (χ3n) is 2.63. The van der Waals surface area contributed by atoms with Crippen molar-refractivity contribution in [3.8, 4) is 5.69 Å². The van der Waals surface area contributed by atoms with Crippen molar-refractivity contribution in [1.82, 2.24) is 14.8 Å². The third kappa shape index (κ3) is 4.21. The van der Waals surface area contributed by atoms with Gasteiger partial charge in [0, 0.05) is 5.88 Å². The fraction of sp³-hybridized carbons (Fsp3) is 0.333. The number of hydrogen-bond acceptors (Lipinski definition) is 4. The topological polar surface area (TPSA) is 76.9 Å². The number of halogens is 1. The summed E-state index contributed by atoms with van der Waals surface area (Å²) in [7, 11) is -3.34. The zero-order chi connectivity index (χ0) is 14.4. The summed E-state index contributed by atoms with van der Waals surface area (Å²) < 4.78 is 28.0. The number of anilines is 1. The Labute approximate surface area is 122 Å². The number of sulfonamides is 1. The normalized spacial score (nSPS) is 11.4. The van der Waals surface area contributed by atoms with Crippen LogP contribution in [0.4, 0.5) is 5.69 Å². The molecule has 8 heteroatoms. The van der Waals surface area contributed by atoms with Crippen molar-refractivity contribution in [2.75, 3.05) is 16.4 Å². The molecule has 1 aromatic heterocycles. The Balaban J connectivity index is 2.08. The largest absolute Gasteiger partial charge is 0.288 e. The molecule has 0 saturated heterocycles. The molecule has 1 N–H and O–H groups in total. The van der Waals surface area contributed by atoms with E-state index in [9.17, 15) is 8.42 Å². The van der Waals surface area contributed by atoms with Gasteiger partial charge >= 0.3 is 0 Å². The molecule has 2 rings (SSSR count). The average Bonchev–Trinajstić information content (AvgIpc) is 2.92. The predicted molar refractivity (Wildman–Crippen MR) is 78.7 cm³/mol. The lowest BCUT2D eigenvalue weighted by Gasteiger charge is -2.09. The second-order valence-electron chi connectivity index (χ2n) is 4.24. The molecule has 0 aliphatic carbocycles. The summed E-state index contributed by atoms with van der Waals surface area (Å²) in [5.74, 6) is 0.537. The highest BCUT2D eigenvalue weighted by Gasteiger charge is 2.10. The van der Waals surface area contributed by atoms with Crippen LogP contribution in [0.2, 0.25) is 0 Å². The predicted octanol–water partition coefficient (Wildman–Crippen LogP) is 2.03. The zero-order valence-corrected chi connectivity index (χ0v) is 12.3. The van der Waals surface area contributed by atoms with E-state index in [0.717, 1.165) is 5.69 Å². The number of nitrogens with zero attached hydrogens (tertiary/aromatic N) is 3. The summed E-state index contributed by atoms with van der Waals surface area (Å²) in [6, 6.07) is 7.04. The highest BCUT2D eigenvalue weighted by atomic mass is 35.5. The summed E-state index contributed by atoms with van der Waals surface area (Å²) in [6.45, 7) is 0. The number of rotatable bonds is 7. The van der Waals surface area contributed by atoms with Crippen molar-refractivity contribution in [2.45, 2.75) is 12.8 Å². The molecule has 0 aliphatic rings. The highest BCUT2D eigenvalue weighted by molar-refractivity contribution is 7.92. The first-order chi connectivity index (χ1) is 9.61. The van der Waals surface area contributed by atoms with Crippen molar-refractivity contribution < 1.29 is 8.42 Å². The fourth-order valence-electron chi connectivity index (χ4n) is 1.68. The molecule has 20 heavy (non-hydrogen) atoms. The molecule has 0 bridgehead atoms. The van der Waals surface area contributed by atoms with Gasteiger partial charge in [0.15, 0.2) is 0 Å². The van der Waals surface area contributed by atoms with Gasteiger partial charge in [0.05, 0.1) is 17.1 Å². The molecule has 0 fully saturated rings. The molecule has 0 amide bonds. The van der Waals surface area contributed by atoms with Crippen molar-refractivity contribution in [3.63, 3.8) is 0 Å². The molecule has 0 spiro atoms. The van der Waals surface area contributed by atoms with Crippen LogP contribution in [0, 0.1) is 0 Å². The van der Waals surface area contributed by atoms with E-state index in [-0.39, 0.29) is 5.75 Å². The summed E-state index contributed by atoms with van der Waals surface area (Å²) in [5, 5.41) is 7.43. The molecule has 0 aliphatic heterocycles. The highest BCUT2D eigenvalue weighted by Crippen LogP contribution is 2.15. The van der Waals surface area contributed by atoms with Crippen LogP contribution in [0.5, 0.6) is 0 Å². The maximum Gasteiger partial charge on any atom is 0.232 e. The molecule has 1 heterocycles. The van der Waals surface area contributed by atoms with Crippen LogP contribution in [-0.4, -0.2) is 34.8 Å². The molecule has 1 aromatic carbocycles. The quantitative estimate of drug-likeness (QED) is 0.626. The van der Waals surface area contributed by atoms with Gasteiger partial charge in [-0.1, -0.05) is 6.07 Å². The lowest BCUT2D eigenvalue weighted by atomic mass is 10.3. The van der Waals surface area contributed by atoms with Gasteiger partial charge in [-0.3, -0.25) is 9.29 Å². The second-order valence-corrected chi connectivity index (χ2v) is 6.46. The van der Waals surface area contributed by atoms with E-state index >= 15 is 0 Å². The first kappa shape index (κ1) is 14.8. The first-order valence-electron chi connectivity index (χ1n) is 6.12. The number of unbranched alkanes of at least 4 members (excludes halogenated alkanes) is 1. The van der Waals surface area contributed by atoms with Crippen molar-refractivity contribution in [1.29, 1.82) is 0 Å². The number of aromatic nitrogens is 3. The van der Waals surface area contributed by atoms with Crippen LogP contribution in [0.15, 0.2) is 36.9 Å². The lowest BCUT2D eigenvalue weighted by Crippen LogP contribution is -2.16. The summed E-state index contributed by atoms with van der Waals surface area (Å²) in [6.07, 6.45) is 4.33. The average molecular weight is 315 g/mol. The zero-order valence-electron chi connectivity index (χ0n) is 10.7. The monoisotopic (exact) mass is 314 g/mol. The van der Waals surface area contributed by atoms with Crippen molar-refractivity contribution in [3.05, 3.63) is 36.9 Å². The van der Waals surface area contributed by atoms with Crippen LogP contribution in [0.1, 0.15) is 12.8 Å². The Bertz CT molecular complexity index is 643. The summed E-state index contributed by atoms with van der Waals surface area (Å²) in [4.78, 5) is 0. The minimum Gasteiger partial charge on any atom is -0.288 e. The Morgan fingerprint density at radius 3 is 2.65 bits per heavy atom. The Morgan fingerprint density at radius 1 is 1.20 bits per heavy atom. The van der Waals surface area contributed by atoms with Gasteiger partial charge in [0.1, 0.15) is 12.7 Å². The van der Waals surface area contributed by atoms with Gasteiger partial charge in [-0.05, 0) is 31.0 Å². The Hall–Kier alpha value is -1.60. The van der Waals surface area contributed by atoms with Crippen molar-refractivity contribution >= 4 is 27.3 Å². The van der Waals surface area contributed by atoms with E-state index in [1.165, 1.54) is 0 Å². The minimum absolute atomic E-state index is 0.0661. The molecule has 0 atom stereocenters. The van der Waals surface area contributed by atoms with Gasteiger partial charge in [-0.2, -0.15) is 0 Å². The van der Waals surface area contributed by atoms with Gasteiger partial charge in [0.2, 0.25) is 10.0 Å². The maximum absolute atomic E-state index is 11.9. The Kier molecular flexibility index (Phi) is 4.97. The standard InChI is InChI=1S/C12H15ClN4O2S/c13-6-1-2-7-20(18,19)16-11-4-3-5-12(8-11)17-9-14-15-10-17/h3-5,8-10,16H,1-2,6-7H2. The third-order valence-corrected chi connectivity index (χ3v) is 4.27. The molecule has 0 radical (unpaired) electrons. The molecular weight excluding hydrogens is 300 g/mol. The van der Waals surface area contributed by atoms with Gasteiger partial charge in [0.25, 0.3) is 0 Å². The maximum atomic E-state index is 11.9. The van der Waals surface area contributed by atoms with Gasteiger partial charge in [-0.15, -0.1) is 21.8 Å². The lowest BCUT2D eigenvalue weighted by molar-refractivity contribution is 0.598. The number of hydrogen-bond donors (Lipinski definition) is 1. The summed E-state index contributed by atoms with van der Waals surface area (Å²) >= 11 is 5.54. The van der Waals surface area contributed by atoms with E-state index in [1.54, 1.807) is 35.4 Å². The fourth-order valence-corrected chi connectivity index (χ4v) is 3.04. The van der Waals surface area contributed by atoms with Gasteiger partial charge < -0.3 is 0 Å². The van der Waals surface area contributed by atoms with Gasteiger partial charge in [-0.25, -0.2) is 8.42 Å². The molecular formula is C12H15ClN4O2S. The van der Waals surface area contributed by atoms with Crippen LogP contribution in [0.25, 0.3) is 5.69 Å². The number of alkyl halides is 1. The molecule has 6 nitrogen and oxygen atoms in total. The van der Waals surface area contributed by atoms with Crippen LogP contribution < -0.4 is 4.72 Å².